The molecule has 0 fully saturated rings. The van der Waals surface area contributed by atoms with Gasteiger partial charge in [0.1, 0.15) is 10.6 Å². The molecular weight excluding hydrogens is 454 g/mol. The summed E-state index contributed by atoms with van der Waals surface area (Å²) in [7, 11) is 0. The minimum Gasteiger partial charge on any atom is -0.462 e. The number of anilines is 1. The quantitative estimate of drug-likeness (QED) is 0.360. The molecule has 2 aromatic heterocycles. The number of fused-ring (bicyclic) bond motifs is 1. The maximum atomic E-state index is 12.9. The molecule has 0 radical (unpaired) electrons. The minimum absolute atomic E-state index is 0.193. The summed E-state index contributed by atoms with van der Waals surface area (Å²) in [4.78, 5) is 38.3. The standard InChI is InChI=1S/C23H16ClNO4S2/c1-2-29-22(27)19-17(13-7-9-15(24)10-8-13)12-30-21(19)25-20(26)18-11-14-5-3-4-6-16(14)23(28)31-18/h3-12H,2H2,1H3,(H,25,26). The summed E-state index contributed by atoms with van der Waals surface area (Å²) in [6.07, 6.45) is 0. The van der Waals surface area contributed by atoms with E-state index in [1.54, 1.807) is 60.8 Å². The molecule has 0 aliphatic carbocycles. The van der Waals surface area contributed by atoms with Gasteiger partial charge in [-0.1, -0.05) is 53.3 Å². The van der Waals surface area contributed by atoms with E-state index in [0.29, 0.717) is 26.4 Å². The van der Waals surface area contributed by atoms with Crippen LogP contribution in [-0.2, 0) is 4.74 Å². The summed E-state index contributed by atoms with van der Waals surface area (Å²) in [5, 5.41) is 6.77. The molecule has 31 heavy (non-hydrogen) atoms. The van der Waals surface area contributed by atoms with Crippen LogP contribution in [0, 0.1) is 0 Å². The largest absolute Gasteiger partial charge is 0.462 e. The fraction of sp³-hybridized carbons (Fsp3) is 0.0870. The Kier molecular flexibility index (Phi) is 6.18. The van der Waals surface area contributed by atoms with Crippen LogP contribution in [-0.4, -0.2) is 18.5 Å². The fourth-order valence-corrected chi connectivity index (χ4v) is 5.01. The average Bonchev–Trinajstić information content (AvgIpc) is 3.18. The molecule has 8 heteroatoms. The maximum Gasteiger partial charge on any atom is 0.341 e. The normalized spacial score (nSPS) is 10.8. The molecule has 5 nitrogen and oxygen atoms in total. The number of amides is 1. The molecule has 0 atom stereocenters. The molecule has 2 aromatic carbocycles. The second kappa shape index (κ2) is 9.01. The lowest BCUT2D eigenvalue weighted by Crippen LogP contribution is -2.15. The summed E-state index contributed by atoms with van der Waals surface area (Å²) in [6, 6.07) is 15.8. The van der Waals surface area contributed by atoms with Crippen molar-refractivity contribution in [2.75, 3.05) is 11.9 Å². The van der Waals surface area contributed by atoms with E-state index < -0.39 is 11.9 Å². The Labute approximate surface area is 190 Å². The number of hydrogen-bond donors (Lipinski definition) is 1. The van der Waals surface area contributed by atoms with E-state index in [0.717, 1.165) is 16.9 Å². The van der Waals surface area contributed by atoms with Gasteiger partial charge in [-0.15, -0.1) is 11.3 Å². The van der Waals surface area contributed by atoms with Crippen LogP contribution < -0.4 is 10.1 Å². The summed E-state index contributed by atoms with van der Waals surface area (Å²) < 4.78 is 5.03. The van der Waals surface area contributed by atoms with Crippen molar-refractivity contribution >= 4 is 61.9 Å². The van der Waals surface area contributed by atoms with Crippen molar-refractivity contribution < 1.29 is 14.3 Å². The van der Waals surface area contributed by atoms with Crippen LogP contribution >= 0.6 is 34.3 Å². The third-order valence-electron chi connectivity index (χ3n) is 4.55. The SMILES string of the molecule is CCOC(=O)c1c(-c2ccc(Cl)cc2)csc1NC(=O)c1cc2ccccc2c(=O)s1. The zero-order chi connectivity index (χ0) is 22.0. The van der Waals surface area contributed by atoms with E-state index in [1.165, 1.54) is 11.3 Å². The summed E-state index contributed by atoms with van der Waals surface area (Å²) >= 11 is 8.07. The average molecular weight is 470 g/mol. The van der Waals surface area contributed by atoms with Gasteiger partial charge in [0.15, 0.2) is 0 Å². The van der Waals surface area contributed by atoms with E-state index in [1.807, 2.05) is 6.07 Å². The molecule has 0 saturated heterocycles. The molecule has 0 aliphatic heterocycles. The lowest BCUT2D eigenvalue weighted by atomic mass is 10.0. The molecule has 0 spiro atoms. The third kappa shape index (κ3) is 4.39. The zero-order valence-corrected chi connectivity index (χ0v) is 18.7. The predicted molar refractivity (Wildman–Crippen MR) is 127 cm³/mol. The summed E-state index contributed by atoms with van der Waals surface area (Å²) in [5.74, 6) is -0.987. The topological polar surface area (TPSA) is 72.5 Å². The number of nitrogens with one attached hydrogen (secondary N) is 1. The number of benzene rings is 2. The first-order valence-electron chi connectivity index (χ1n) is 9.36. The van der Waals surface area contributed by atoms with E-state index in [2.05, 4.69) is 5.32 Å². The molecule has 1 N–H and O–H groups in total. The first-order chi connectivity index (χ1) is 15.0. The maximum absolute atomic E-state index is 12.9. The first-order valence-corrected chi connectivity index (χ1v) is 11.4. The van der Waals surface area contributed by atoms with E-state index in [4.69, 9.17) is 16.3 Å². The molecule has 4 aromatic rings. The van der Waals surface area contributed by atoms with Crippen LogP contribution in [0.2, 0.25) is 5.02 Å². The molecular formula is C23H16ClNO4S2. The highest BCUT2D eigenvalue weighted by atomic mass is 35.5. The van der Waals surface area contributed by atoms with Crippen molar-refractivity contribution in [1.29, 1.82) is 0 Å². The Morgan fingerprint density at radius 1 is 1.10 bits per heavy atom. The smallest absolute Gasteiger partial charge is 0.341 e. The van der Waals surface area contributed by atoms with Gasteiger partial charge >= 0.3 is 5.97 Å². The molecule has 1 amide bonds. The minimum atomic E-state index is -0.532. The molecule has 2 heterocycles. The van der Waals surface area contributed by atoms with E-state index >= 15 is 0 Å². The predicted octanol–water partition coefficient (Wildman–Crippen LogP) is 6.07. The molecule has 156 valence electrons. The number of rotatable bonds is 5. The van der Waals surface area contributed by atoms with Gasteiger partial charge in [-0.05, 0) is 42.1 Å². The van der Waals surface area contributed by atoms with Gasteiger partial charge in [-0.3, -0.25) is 9.59 Å². The van der Waals surface area contributed by atoms with Crippen molar-refractivity contribution in [1.82, 2.24) is 0 Å². The Balaban J connectivity index is 1.72. The van der Waals surface area contributed by atoms with Crippen molar-refractivity contribution in [3.05, 3.63) is 85.0 Å². The molecule has 0 saturated carbocycles. The van der Waals surface area contributed by atoms with Crippen LogP contribution in [0.25, 0.3) is 21.9 Å². The van der Waals surface area contributed by atoms with Gasteiger partial charge in [0.25, 0.3) is 5.91 Å². The van der Waals surface area contributed by atoms with Gasteiger partial charge in [0.05, 0.1) is 11.5 Å². The molecule has 4 rings (SSSR count). The number of halogens is 1. The number of carbonyl (C=O) groups is 2. The van der Waals surface area contributed by atoms with Crippen molar-refractivity contribution in [3.8, 4) is 11.1 Å². The number of hydrogen-bond acceptors (Lipinski definition) is 6. The Morgan fingerprint density at radius 3 is 2.58 bits per heavy atom. The summed E-state index contributed by atoms with van der Waals surface area (Å²) in [6.45, 7) is 1.92. The Morgan fingerprint density at radius 2 is 1.84 bits per heavy atom. The second-order valence-electron chi connectivity index (χ2n) is 6.52. The highest BCUT2D eigenvalue weighted by molar-refractivity contribution is 7.15. The number of esters is 1. The van der Waals surface area contributed by atoms with Crippen LogP contribution in [0.5, 0.6) is 0 Å². The highest BCUT2D eigenvalue weighted by Crippen LogP contribution is 2.37. The van der Waals surface area contributed by atoms with E-state index in [-0.39, 0.29) is 21.8 Å². The van der Waals surface area contributed by atoms with Gasteiger partial charge in [0, 0.05) is 21.4 Å². The fourth-order valence-electron chi connectivity index (χ4n) is 3.11. The zero-order valence-electron chi connectivity index (χ0n) is 16.3. The van der Waals surface area contributed by atoms with Gasteiger partial charge in [0.2, 0.25) is 4.74 Å². The van der Waals surface area contributed by atoms with Gasteiger partial charge in [-0.25, -0.2) is 4.79 Å². The molecule has 0 unspecified atom stereocenters. The Hall–Kier alpha value is -3.00. The van der Waals surface area contributed by atoms with Crippen LogP contribution in [0.1, 0.15) is 27.0 Å². The third-order valence-corrected chi connectivity index (χ3v) is 6.62. The van der Waals surface area contributed by atoms with Crippen LogP contribution in [0.3, 0.4) is 0 Å². The first kappa shape index (κ1) is 21.2. The van der Waals surface area contributed by atoms with Gasteiger partial charge in [-0.2, -0.15) is 0 Å². The molecule has 0 aliphatic rings. The van der Waals surface area contributed by atoms with Crippen molar-refractivity contribution in [2.24, 2.45) is 0 Å². The van der Waals surface area contributed by atoms with Crippen molar-refractivity contribution in [3.63, 3.8) is 0 Å². The van der Waals surface area contributed by atoms with Crippen LogP contribution in [0.15, 0.2) is 64.8 Å². The number of carbonyl (C=O) groups excluding carboxylic acids is 2. The lowest BCUT2D eigenvalue weighted by Gasteiger charge is -2.09. The van der Waals surface area contributed by atoms with Crippen LogP contribution in [0.4, 0.5) is 5.00 Å². The monoisotopic (exact) mass is 469 g/mol. The second-order valence-corrected chi connectivity index (χ2v) is 8.85. The number of ether oxygens (including phenoxy) is 1. The highest BCUT2D eigenvalue weighted by Gasteiger charge is 2.23. The van der Waals surface area contributed by atoms with Gasteiger partial charge < -0.3 is 10.1 Å². The number of thiophene rings is 1. The van der Waals surface area contributed by atoms with Crippen molar-refractivity contribution in [2.45, 2.75) is 6.92 Å². The Bertz CT molecular complexity index is 1340. The molecule has 0 bridgehead atoms. The summed E-state index contributed by atoms with van der Waals surface area (Å²) in [5.41, 5.74) is 1.69. The van der Waals surface area contributed by atoms with E-state index in [9.17, 15) is 14.4 Å². The lowest BCUT2D eigenvalue weighted by molar-refractivity contribution is 0.0529.